The van der Waals surface area contributed by atoms with Gasteiger partial charge in [-0.05, 0) is 60.0 Å². The first kappa shape index (κ1) is 30.0. The number of thioether (sulfide) groups is 1. The molecule has 1 fully saturated rings. The summed E-state index contributed by atoms with van der Waals surface area (Å²) >= 11 is 8.67. The molecule has 226 valence electrons. The van der Waals surface area contributed by atoms with Gasteiger partial charge in [-0.1, -0.05) is 72.3 Å². The van der Waals surface area contributed by atoms with Gasteiger partial charge in [0.05, 0.1) is 18.2 Å². The largest absolute Gasteiger partial charge is 0.507 e. The van der Waals surface area contributed by atoms with Crippen molar-refractivity contribution in [3.63, 3.8) is 0 Å². The summed E-state index contributed by atoms with van der Waals surface area (Å²) in [6, 6.07) is 18.7. The predicted molar refractivity (Wildman–Crippen MR) is 170 cm³/mol. The predicted octanol–water partition coefficient (Wildman–Crippen LogP) is 7.06. The Kier molecular flexibility index (Phi) is 9.06. The van der Waals surface area contributed by atoms with Crippen LogP contribution in [0.3, 0.4) is 0 Å². The van der Waals surface area contributed by atoms with Crippen molar-refractivity contribution in [3.05, 3.63) is 94.0 Å². The highest BCUT2D eigenvalue weighted by Gasteiger charge is 2.48. The number of Topliss-reactive ketones (excluding diaryl/α,β-unsaturated/α-hetero) is 1. The molecule has 6 rings (SSSR count). The smallest absolute Gasteiger partial charge is 0.301 e. The van der Waals surface area contributed by atoms with Crippen molar-refractivity contribution in [2.45, 2.75) is 35.9 Å². The fourth-order valence-electron chi connectivity index (χ4n) is 4.88. The lowest BCUT2D eigenvalue weighted by molar-refractivity contribution is -0.132. The second kappa shape index (κ2) is 13.3. The van der Waals surface area contributed by atoms with Gasteiger partial charge in [0.15, 0.2) is 15.8 Å². The maximum absolute atomic E-state index is 13.7. The average Bonchev–Trinajstić information content (AvgIpc) is 3.62. The van der Waals surface area contributed by atoms with Crippen LogP contribution in [0.25, 0.3) is 5.76 Å². The Labute approximate surface area is 267 Å². The quantitative estimate of drug-likeness (QED) is 0.0482. The van der Waals surface area contributed by atoms with Crippen molar-refractivity contribution >= 4 is 57.3 Å². The summed E-state index contributed by atoms with van der Waals surface area (Å²) in [7, 11) is 0. The van der Waals surface area contributed by atoms with Gasteiger partial charge in [-0.3, -0.25) is 14.5 Å². The van der Waals surface area contributed by atoms with Gasteiger partial charge < -0.3 is 19.3 Å². The zero-order valence-corrected chi connectivity index (χ0v) is 26.1. The highest BCUT2D eigenvalue weighted by atomic mass is 35.5. The number of nitrogens with zero attached hydrogens (tertiary/aromatic N) is 3. The van der Waals surface area contributed by atoms with E-state index in [1.165, 1.54) is 28.0 Å². The van der Waals surface area contributed by atoms with E-state index >= 15 is 0 Å². The summed E-state index contributed by atoms with van der Waals surface area (Å²) in [5.74, 6) is 0.240. The molecule has 3 aromatic carbocycles. The monoisotopic (exact) mass is 649 g/mol. The number of fused-ring (bicyclic) bond motifs is 1. The number of benzene rings is 3. The Morgan fingerprint density at radius 3 is 2.66 bits per heavy atom. The topological polar surface area (TPSA) is 111 Å². The lowest BCUT2D eigenvalue weighted by Crippen LogP contribution is -2.29. The molecule has 1 amide bonds. The van der Waals surface area contributed by atoms with Gasteiger partial charge in [0.25, 0.3) is 5.78 Å². The van der Waals surface area contributed by atoms with Crippen LogP contribution in [-0.2, 0) is 15.3 Å². The van der Waals surface area contributed by atoms with Gasteiger partial charge >= 0.3 is 5.91 Å². The van der Waals surface area contributed by atoms with E-state index < -0.39 is 17.7 Å². The molecule has 0 radical (unpaired) electrons. The maximum atomic E-state index is 13.7. The summed E-state index contributed by atoms with van der Waals surface area (Å²) in [4.78, 5) is 28.6. The van der Waals surface area contributed by atoms with Crippen LogP contribution in [0, 0.1) is 0 Å². The van der Waals surface area contributed by atoms with Crippen LogP contribution in [0.4, 0.5) is 5.13 Å². The molecule has 0 saturated carbocycles. The van der Waals surface area contributed by atoms with Gasteiger partial charge in [0.1, 0.15) is 24.7 Å². The Hall–Kier alpha value is -4.06. The summed E-state index contributed by atoms with van der Waals surface area (Å²) < 4.78 is 17.9. The van der Waals surface area contributed by atoms with Crippen LogP contribution in [0.2, 0.25) is 5.02 Å². The SMILES string of the molecule is CCCCOc1cccc([C@H]2/C(=C(\O)c3ccc4c(c3)OCCO4)C(=O)C(=O)N2c2nnc(SCc3ccc(Cl)cc3)s2)c1. The molecule has 12 heteroatoms. The van der Waals surface area contributed by atoms with E-state index in [0.29, 0.717) is 63.3 Å². The molecule has 2 aliphatic heterocycles. The summed E-state index contributed by atoms with van der Waals surface area (Å²) in [6.07, 6.45) is 1.86. The van der Waals surface area contributed by atoms with Gasteiger partial charge in [0.2, 0.25) is 5.13 Å². The average molecular weight is 650 g/mol. The molecule has 44 heavy (non-hydrogen) atoms. The lowest BCUT2D eigenvalue weighted by Gasteiger charge is -2.23. The van der Waals surface area contributed by atoms with Gasteiger partial charge in [-0.2, -0.15) is 0 Å². The van der Waals surface area contributed by atoms with Crippen molar-refractivity contribution < 1.29 is 28.9 Å². The molecule has 0 unspecified atom stereocenters. The number of aliphatic hydroxyl groups is 1. The Morgan fingerprint density at radius 1 is 1.07 bits per heavy atom. The summed E-state index contributed by atoms with van der Waals surface area (Å²) in [5, 5.41) is 21.1. The van der Waals surface area contributed by atoms with Crippen LogP contribution < -0.4 is 19.1 Å². The molecule has 1 atom stereocenters. The minimum Gasteiger partial charge on any atom is -0.507 e. The van der Waals surface area contributed by atoms with E-state index in [9.17, 15) is 14.7 Å². The molecule has 1 N–H and O–H groups in total. The number of rotatable bonds is 10. The number of carbonyl (C=O) groups is 2. The van der Waals surface area contributed by atoms with E-state index in [1.807, 2.05) is 30.3 Å². The normalized spacial score (nSPS) is 17.2. The van der Waals surface area contributed by atoms with Crippen LogP contribution in [0.5, 0.6) is 17.2 Å². The minimum absolute atomic E-state index is 0.0667. The van der Waals surface area contributed by atoms with E-state index in [0.717, 1.165) is 18.4 Å². The Balaban J connectivity index is 1.38. The van der Waals surface area contributed by atoms with Crippen LogP contribution in [-0.4, -0.2) is 46.8 Å². The minimum atomic E-state index is -0.972. The number of ketones is 1. The number of amides is 1. The first-order valence-corrected chi connectivity index (χ1v) is 16.3. The third-order valence-electron chi connectivity index (χ3n) is 7.08. The van der Waals surface area contributed by atoms with Gasteiger partial charge in [-0.25, -0.2) is 0 Å². The number of hydrogen-bond donors (Lipinski definition) is 1. The Bertz CT molecular complexity index is 1730. The zero-order valence-electron chi connectivity index (χ0n) is 23.7. The standard InChI is InChI=1S/C32H28ClN3O6S2/c1-2-3-13-40-23-6-4-5-20(16-23)27-26(28(37)21-9-12-24-25(17-21)42-15-14-41-24)29(38)30(39)36(27)31-34-35-32(44-31)43-18-19-7-10-22(33)11-8-19/h4-12,16-17,27,37H,2-3,13-15,18H2,1H3/b28-26+/t27-/m0/s1. The van der Waals surface area contributed by atoms with E-state index in [4.69, 9.17) is 25.8 Å². The number of hydrogen-bond acceptors (Lipinski definition) is 10. The van der Waals surface area contributed by atoms with Crippen LogP contribution in [0.15, 0.2) is 76.6 Å². The highest BCUT2D eigenvalue weighted by Crippen LogP contribution is 2.45. The third-order valence-corrected chi connectivity index (χ3v) is 9.46. The maximum Gasteiger partial charge on any atom is 0.301 e. The van der Waals surface area contributed by atoms with E-state index in [-0.39, 0.29) is 16.5 Å². The van der Waals surface area contributed by atoms with Crippen molar-refractivity contribution in [1.29, 1.82) is 0 Å². The first-order chi connectivity index (χ1) is 21.4. The molecule has 9 nitrogen and oxygen atoms in total. The molecule has 4 aromatic rings. The van der Waals surface area contributed by atoms with Crippen molar-refractivity contribution in [2.75, 3.05) is 24.7 Å². The number of anilines is 1. The van der Waals surface area contributed by atoms with Gasteiger partial charge in [0, 0.05) is 16.3 Å². The molecule has 0 bridgehead atoms. The fourth-order valence-corrected chi connectivity index (χ4v) is 6.83. The molecule has 3 heterocycles. The zero-order chi connectivity index (χ0) is 30.6. The molecular formula is C32H28ClN3O6S2. The van der Waals surface area contributed by atoms with Crippen LogP contribution in [0.1, 0.15) is 42.5 Å². The van der Waals surface area contributed by atoms with Crippen molar-refractivity contribution in [2.24, 2.45) is 0 Å². The molecule has 1 saturated heterocycles. The molecular weight excluding hydrogens is 622 g/mol. The molecule has 0 spiro atoms. The lowest BCUT2D eigenvalue weighted by atomic mass is 9.95. The third kappa shape index (κ3) is 6.26. The summed E-state index contributed by atoms with van der Waals surface area (Å²) in [6.45, 7) is 3.39. The number of ether oxygens (including phenoxy) is 3. The highest BCUT2D eigenvalue weighted by molar-refractivity contribution is 8.00. The van der Waals surface area contributed by atoms with E-state index in [2.05, 4.69) is 17.1 Å². The Morgan fingerprint density at radius 2 is 1.86 bits per heavy atom. The molecule has 1 aromatic heterocycles. The van der Waals surface area contributed by atoms with Crippen LogP contribution >= 0.6 is 34.7 Å². The van der Waals surface area contributed by atoms with Crippen molar-refractivity contribution in [3.8, 4) is 17.2 Å². The number of unbranched alkanes of at least 4 members (excludes halogenated alkanes) is 1. The van der Waals surface area contributed by atoms with Gasteiger partial charge in [-0.15, -0.1) is 10.2 Å². The van der Waals surface area contributed by atoms with Crippen molar-refractivity contribution in [1.82, 2.24) is 10.2 Å². The second-order valence-corrected chi connectivity index (χ2v) is 12.7. The summed E-state index contributed by atoms with van der Waals surface area (Å²) in [5.41, 5.74) is 1.89. The molecule has 2 aliphatic rings. The number of halogens is 1. The second-order valence-electron chi connectivity index (χ2n) is 10.1. The fraction of sp³-hybridized carbons (Fsp3) is 0.250. The number of aliphatic hydroxyl groups excluding tert-OH is 1. The first-order valence-electron chi connectivity index (χ1n) is 14.1. The molecule has 0 aliphatic carbocycles. The van der Waals surface area contributed by atoms with E-state index in [1.54, 1.807) is 36.4 Å². The number of carbonyl (C=O) groups excluding carboxylic acids is 2. The number of aromatic nitrogens is 2.